The average molecular weight is 291 g/mol. The summed E-state index contributed by atoms with van der Waals surface area (Å²) < 4.78 is 14.5. The highest BCUT2D eigenvalue weighted by atomic mass is 19.1. The number of fused-ring (bicyclic) bond motifs is 1. The second-order valence-corrected chi connectivity index (χ2v) is 6.65. The first-order valence-corrected chi connectivity index (χ1v) is 8.12. The van der Waals surface area contributed by atoms with Crippen LogP contribution in [0.25, 0.3) is 0 Å². The number of anilines is 1. The number of piperidine rings is 1. The molecule has 3 nitrogen and oxygen atoms in total. The highest BCUT2D eigenvalue weighted by Gasteiger charge is 2.33. The van der Waals surface area contributed by atoms with Gasteiger partial charge >= 0.3 is 0 Å². The van der Waals surface area contributed by atoms with Crippen molar-refractivity contribution in [3.05, 3.63) is 29.6 Å². The molecule has 0 aliphatic carbocycles. The van der Waals surface area contributed by atoms with Crippen molar-refractivity contribution in [1.82, 2.24) is 4.90 Å². The number of piperazine rings is 1. The van der Waals surface area contributed by atoms with Crippen molar-refractivity contribution in [2.75, 3.05) is 24.5 Å². The largest absolute Gasteiger partial charge is 0.364 e. The molecule has 0 bridgehead atoms. The van der Waals surface area contributed by atoms with E-state index in [1.165, 1.54) is 25.8 Å². The lowest BCUT2D eigenvalue weighted by molar-refractivity contribution is 0.115. The predicted molar refractivity (Wildman–Crippen MR) is 85.0 cm³/mol. The third-order valence-electron chi connectivity index (χ3n) is 4.99. The molecular formula is C17H26FN3. The van der Waals surface area contributed by atoms with Crippen molar-refractivity contribution in [3.8, 4) is 0 Å². The van der Waals surface area contributed by atoms with Gasteiger partial charge in [-0.25, -0.2) is 4.39 Å². The van der Waals surface area contributed by atoms with E-state index in [0.717, 1.165) is 24.3 Å². The molecule has 1 aromatic rings. The number of benzene rings is 1. The second-order valence-electron chi connectivity index (χ2n) is 6.65. The monoisotopic (exact) mass is 291 g/mol. The molecule has 3 atom stereocenters. The first-order valence-electron chi connectivity index (χ1n) is 8.12. The zero-order valence-corrected chi connectivity index (χ0v) is 13.1. The summed E-state index contributed by atoms with van der Waals surface area (Å²) in [6, 6.07) is 6.28. The summed E-state index contributed by atoms with van der Waals surface area (Å²) in [5, 5.41) is 0. The molecule has 0 radical (unpaired) electrons. The Morgan fingerprint density at radius 3 is 2.81 bits per heavy atom. The summed E-state index contributed by atoms with van der Waals surface area (Å²) >= 11 is 0. The fraction of sp³-hybridized carbons (Fsp3) is 0.647. The van der Waals surface area contributed by atoms with Gasteiger partial charge in [-0.3, -0.25) is 4.90 Å². The van der Waals surface area contributed by atoms with Crippen molar-refractivity contribution in [3.63, 3.8) is 0 Å². The maximum Gasteiger partial charge on any atom is 0.146 e. The van der Waals surface area contributed by atoms with Crippen LogP contribution in [0.5, 0.6) is 0 Å². The van der Waals surface area contributed by atoms with Crippen LogP contribution < -0.4 is 10.6 Å². The van der Waals surface area contributed by atoms with Gasteiger partial charge in [0, 0.05) is 31.2 Å². The minimum Gasteiger partial charge on any atom is -0.364 e. The van der Waals surface area contributed by atoms with Gasteiger partial charge in [-0.2, -0.15) is 0 Å². The zero-order chi connectivity index (χ0) is 15.0. The van der Waals surface area contributed by atoms with Crippen molar-refractivity contribution in [2.24, 2.45) is 5.73 Å². The first kappa shape index (κ1) is 14.8. The molecule has 0 amide bonds. The van der Waals surface area contributed by atoms with E-state index in [0.29, 0.717) is 12.1 Å². The lowest BCUT2D eigenvalue weighted by Crippen LogP contribution is -2.59. The summed E-state index contributed by atoms with van der Waals surface area (Å²) in [5.41, 5.74) is 7.43. The summed E-state index contributed by atoms with van der Waals surface area (Å²) in [4.78, 5) is 4.83. The van der Waals surface area contributed by atoms with Gasteiger partial charge in [-0.05, 0) is 50.9 Å². The lowest BCUT2D eigenvalue weighted by atomic mass is 9.96. The van der Waals surface area contributed by atoms with Crippen molar-refractivity contribution in [2.45, 2.75) is 51.2 Å². The molecule has 2 N–H and O–H groups in total. The Hall–Kier alpha value is -1.13. The Labute approximate surface area is 126 Å². The van der Waals surface area contributed by atoms with Crippen LogP contribution in [0.15, 0.2) is 18.2 Å². The number of hydrogen-bond donors (Lipinski definition) is 1. The van der Waals surface area contributed by atoms with E-state index in [9.17, 15) is 4.39 Å². The van der Waals surface area contributed by atoms with Gasteiger partial charge in [0.1, 0.15) is 5.82 Å². The predicted octanol–water partition coefficient (Wildman–Crippen LogP) is 2.91. The minimum absolute atomic E-state index is 0.124. The van der Waals surface area contributed by atoms with Gasteiger partial charge in [0.25, 0.3) is 0 Å². The molecule has 2 aliphatic rings. The molecule has 2 unspecified atom stereocenters. The van der Waals surface area contributed by atoms with Gasteiger partial charge in [0.15, 0.2) is 0 Å². The Bertz CT molecular complexity index is 503. The molecule has 116 valence electrons. The minimum atomic E-state index is -0.138. The fourth-order valence-corrected chi connectivity index (χ4v) is 3.73. The van der Waals surface area contributed by atoms with Gasteiger partial charge in [0.05, 0.1) is 5.69 Å². The third kappa shape index (κ3) is 2.92. The van der Waals surface area contributed by atoms with Gasteiger partial charge < -0.3 is 10.6 Å². The van der Waals surface area contributed by atoms with Crippen LogP contribution in [0.1, 0.15) is 44.7 Å². The summed E-state index contributed by atoms with van der Waals surface area (Å²) in [5.74, 6) is -0.138. The molecular weight excluding hydrogens is 265 g/mol. The molecule has 3 rings (SSSR count). The van der Waals surface area contributed by atoms with E-state index in [2.05, 4.69) is 16.7 Å². The Morgan fingerprint density at radius 2 is 2.10 bits per heavy atom. The standard InChI is InChI=1S/C17H26FN3/c1-12-10-20-8-4-3-5-15(20)11-21(12)17-7-6-14(13(2)19)9-16(17)18/h6-7,9,12-13,15H,3-5,8,10-11,19H2,1-2H3/t12?,13-,15?/m1/s1. The smallest absolute Gasteiger partial charge is 0.146 e. The van der Waals surface area contributed by atoms with E-state index in [-0.39, 0.29) is 11.9 Å². The van der Waals surface area contributed by atoms with Crippen molar-refractivity contribution >= 4 is 5.69 Å². The van der Waals surface area contributed by atoms with E-state index < -0.39 is 0 Å². The number of hydrogen-bond acceptors (Lipinski definition) is 3. The number of halogens is 1. The third-order valence-corrected chi connectivity index (χ3v) is 4.99. The molecule has 1 aromatic carbocycles. The van der Waals surface area contributed by atoms with Crippen LogP contribution >= 0.6 is 0 Å². The number of rotatable bonds is 2. The summed E-state index contributed by atoms with van der Waals surface area (Å²) in [6.45, 7) is 7.27. The topological polar surface area (TPSA) is 32.5 Å². The Morgan fingerprint density at radius 1 is 1.29 bits per heavy atom. The van der Waals surface area contributed by atoms with Crippen LogP contribution in [-0.4, -0.2) is 36.6 Å². The normalized spacial score (nSPS) is 28.3. The fourth-order valence-electron chi connectivity index (χ4n) is 3.73. The Kier molecular flexibility index (Phi) is 4.18. The molecule has 0 saturated carbocycles. The maximum atomic E-state index is 14.5. The summed E-state index contributed by atoms with van der Waals surface area (Å²) in [6.07, 6.45) is 3.85. The molecule has 2 aliphatic heterocycles. The Balaban J connectivity index is 1.82. The summed E-state index contributed by atoms with van der Waals surface area (Å²) in [7, 11) is 0. The van der Waals surface area contributed by atoms with Crippen LogP contribution in [-0.2, 0) is 0 Å². The van der Waals surface area contributed by atoms with Crippen LogP contribution in [0.3, 0.4) is 0 Å². The van der Waals surface area contributed by atoms with Crippen molar-refractivity contribution in [1.29, 1.82) is 0 Å². The van der Waals surface area contributed by atoms with E-state index in [4.69, 9.17) is 5.73 Å². The van der Waals surface area contributed by atoms with Crippen molar-refractivity contribution < 1.29 is 4.39 Å². The highest BCUT2D eigenvalue weighted by molar-refractivity contribution is 5.51. The van der Waals surface area contributed by atoms with E-state index in [1.54, 1.807) is 6.07 Å². The maximum absolute atomic E-state index is 14.5. The van der Waals surface area contributed by atoms with Gasteiger partial charge in [-0.1, -0.05) is 12.5 Å². The molecule has 21 heavy (non-hydrogen) atoms. The second kappa shape index (κ2) is 5.93. The van der Waals surface area contributed by atoms with Crippen LogP contribution in [0.2, 0.25) is 0 Å². The number of nitrogens with zero attached hydrogens (tertiary/aromatic N) is 2. The number of nitrogens with two attached hydrogens (primary N) is 1. The first-order chi connectivity index (χ1) is 10.1. The van der Waals surface area contributed by atoms with E-state index >= 15 is 0 Å². The SMILES string of the molecule is CC1CN2CCCCC2CN1c1ccc([C@@H](C)N)cc1F. The molecule has 2 heterocycles. The molecule has 4 heteroatoms. The highest BCUT2D eigenvalue weighted by Crippen LogP contribution is 2.30. The van der Waals surface area contributed by atoms with Gasteiger partial charge in [-0.15, -0.1) is 0 Å². The zero-order valence-electron chi connectivity index (χ0n) is 13.1. The molecule has 0 aromatic heterocycles. The van der Waals surface area contributed by atoms with Gasteiger partial charge in [0.2, 0.25) is 0 Å². The molecule has 2 fully saturated rings. The quantitative estimate of drug-likeness (QED) is 0.909. The molecule has 2 saturated heterocycles. The molecule has 0 spiro atoms. The lowest BCUT2D eigenvalue weighted by Gasteiger charge is -2.48. The van der Waals surface area contributed by atoms with Crippen LogP contribution in [0, 0.1) is 5.82 Å². The van der Waals surface area contributed by atoms with E-state index in [1.807, 2.05) is 19.1 Å². The average Bonchev–Trinajstić information content (AvgIpc) is 2.46. The van der Waals surface area contributed by atoms with Crippen LogP contribution in [0.4, 0.5) is 10.1 Å².